The van der Waals surface area contributed by atoms with Crippen LogP contribution in [0.4, 0.5) is 0 Å². The summed E-state index contributed by atoms with van der Waals surface area (Å²) in [4.78, 5) is 16.0. The molecule has 0 bridgehead atoms. The number of nitrogens with one attached hydrogen (secondary N) is 1. The number of ether oxygens (including phenoxy) is 1. The van der Waals surface area contributed by atoms with Gasteiger partial charge in [0.15, 0.2) is 6.10 Å². The summed E-state index contributed by atoms with van der Waals surface area (Å²) < 4.78 is 5.67. The van der Waals surface area contributed by atoms with Gasteiger partial charge in [-0.05, 0) is 55.7 Å². The number of hydrogen-bond donors (Lipinski definition) is 1. The Morgan fingerprint density at radius 3 is 2.76 bits per heavy atom. The third-order valence-corrected chi connectivity index (χ3v) is 3.35. The van der Waals surface area contributed by atoms with Crippen molar-refractivity contribution >= 4 is 5.91 Å². The summed E-state index contributed by atoms with van der Waals surface area (Å²) in [5.41, 5.74) is 3.32. The Bertz CT molecular complexity index is 611. The number of hydrogen-bond acceptors (Lipinski definition) is 3. The minimum absolute atomic E-state index is 0.142. The molecule has 0 fully saturated rings. The molecule has 0 aliphatic carbocycles. The predicted octanol–water partition coefficient (Wildman–Crippen LogP) is 2.78. The second-order valence-corrected chi connectivity index (χ2v) is 5.09. The zero-order valence-corrected chi connectivity index (χ0v) is 12.6. The quantitative estimate of drug-likeness (QED) is 0.918. The van der Waals surface area contributed by atoms with Crippen LogP contribution >= 0.6 is 0 Å². The van der Waals surface area contributed by atoms with Crippen molar-refractivity contribution in [3.8, 4) is 5.75 Å². The van der Waals surface area contributed by atoms with Gasteiger partial charge in [0, 0.05) is 18.9 Å². The molecule has 21 heavy (non-hydrogen) atoms. The predicted molar refractivity (Wildman–Crippen MR) is 82.1 cm³/mol. The Hall–Kier alpha value is -2.36. The number of aromatic nitrogens is 1. The number of nitrogens with zero attached hydrogens (tertiary/aromatic N) is 1. The molecule has 0 spiro atoms. The first-order valence-electron chi connectivity index (χ1n) is 6.97. The minimum atomic E-state index is -0.538. The summed E-state index contributed by atoms with van der Waals surface area (Å²) >= 11 is 0. The van der Waals surface area contributed by atoms with Crippen molar-refractivity contribution in [2.75, 3.05) is 0 Å². The van der Waals surface area contributed by atoms with Crippen LogP contribution in [0.3, 0.4) is 0 Å². The molecule has 0 aliphatic rings. The molecule has 4 nitrogen and oxygen atoms in total. The Kier molecular flexibility index (Phi) is 4.93. The maximum atomic E-state index is 12.0. The van der Waals surface area contributed by atoms with Crippen molar-refractivity contribution in [1.29, 1.82) is 0 Å². The molecule has 1 atom stereocenters. The van der Waals surface area contributed by atoms with Gasteiger partial charge in [-0.3, -0.25) is 9.78 Å². The molecular weight excluding hydrogens is 264 g/mol. The van der Waals surface area contributed by atoms with Gasteiger partial charge in [0.25, 0.3) is 5.91 Å². The van der Waals surface area contributed by atoms with Gasteiger partial charge in [-0.1, -0.05) is 12.1 Å². The van der Waals surface area contributed by atoms with Crippen LogP contribution in [0.15, 0.2) is 42.7 Å². The molecule has 1 amide bonds. The van der Waals surface area contributed by atoms with E-state index in [0.29, 0.717) is 12.3 Å². The van der Waals surface area contributed by atoms with E-state index < -0.39 is 6.10 Å². The summed E-state index contributed by atoms with van der Waals surface area (Å²) in [7, 11) is 0. The highest BCUT2D eigenvalue weighted by Gasteiger charge is 2.14. The number of pyridine rings is 1. The van der Waals surface area contributed by atoms with E-state index in [9.17, 15) is 4.79 Å². The van der Waals surface area contributed by atoms with E-state index in [2.05, 4.69) is 10.3 Å². The van der Waals surface area contributed by atoms with Crippen molar-refractivity contribution in [3.05, 3.63) is 59.4 Å². The van der Waals surface area contributed by atoms with Gasteiger partial charge < -0.3 is 10.1 Å². The van der Waals surface area contributed by atoms with Crippen LogP contribution in [0.1, 0.15) is 23.6 Å². The second-order valence-electron chi connectivity index (χ2n) is 5.09. The second kappa shape index (κ2) is 6.88. The smallest absolute Gasteiger partial charge is 0.261 e. The molecule has 1 heterocycles. The van der Waals surface area contributed by atoms with Crippen molar-refractivity contribution in [2.24, 2.45) is 0 Å². The molecule has 0 radical (unpaired) electrons. The summed E-state index contributed by atoms with van der Waals surface area (Å²) in [5, 5.41) is 2.84. The number of rotatable bonds is 5. The van der Waals surface area contributed by atoms with Crippen molar-refractivity contribution in [3.63, 3.8) is 0 Å². The van der Waals surface area contributed by atoms with Crippen LogP contribution in [0.25, 0.3) is 0 Å². The van der Waals surface area contributed by atoms with Crippen LogP contribution in [-0.4, -0.2) is 17.0 Å². The molecule has 0 saturated heterocycles. The van der Waals surface area contributed by atoms with Gasteiger partial charge in [0.1, 0.15) is 5.75 Å². The molecule has 110 valence electrons. The standard InChI is InChI=1S/C17H20N2O2/c1-12-6-7-16(9-13(12)2)21-14(3)17(20)19-11-15-5-4-8-18-10-15/h4-10,14H,11H2,1-3H3,(H,19,20)/t14-/m0/s1. The van der Waals surface area contributed by atoms with Crippen LogP contribution in [-0.2, 0) is 11.3 Å². The number of carbonyl (C=O) groups excluding carboxylic acids is 1. The molecular formula is C17H20N2O2. The lowest BCUT2D eigenvalue weighted by Gasteiger charge is -2.15. The summed E-state index contributed by atoms with van der Waals surface area (Å²) in [6, 6.07) is 9.58. The van der Waals surface area contributed by atoms with Crippen LogP contribution < -0.4 is 10.1 Å². The Morgan fingerprint density at radius 1 is 1.29 bits per heavy atom. The van der Waals surface area contributed by atoms with Gasteiger partial charge in [-0.2, -0.15) is 0 Å². The first-order chi connectivity index (χ1) is 10.1. The third kappa shape index (κ3) is 4.31. The lowest BCUT2D eigenvalue weighted by Crippen LogP contribution is -2.35. The van der Waals surface area contributed by atoms with E-state index in [1.165, 1.54) is 5.56 Å². The van der Waals surface area contributed by atoms with Crippen molar-refractivity contribution in [2.45, 2.75) is 33.4 Å². The maximum Gasteiger partial charge on any atom is 0.261 e. The lowest BCUT2D eigenvalue weighted by atomic mass is 10.1. The number of aryl methyl sites for hydroxylation is 2. The highest BCUT2D eigenvalue weighted by Crippen LogP contribution is 2.17. The average molecular weight is 284 g/mol. The van der Waals surface area contributed by atoms with Gasteiger partial charge >= 0.3 is 0 Å². The largest absolute Gasteiger partial charge is 0.481 e. The van der Waals surface area contributed by atoms with Gasteiger partial charge in [0.05, 0.1) is 0 Å². The average Bonchev–Trinajstić information content (AvgIpc) is 2.49. The van der Waals surface area contributed by atoms with Gasteiger partial charge in [0.2, 0.25) is 0 Å². The zero-order chi connectivity index (χ0) is 15.2. The fourth-order valence-electron chi connectivity index (χ4n) is 1.88. The Labute approximate surface area is 125 Å². The minimum Gasteiger partial charge on any atom is -0.481 e. The Morgan fingerprint density at radius 2 is 2.10 bits per heavy atom. The molecule has 0 saturated carbocycles. The van der Waals surface area contributed by atoms with Crippen molar-refractivity contribution in [1.82, 2.24) is 10.3 Å². The number of carbonyl (C=O) groups is 1. The fourth-order valence-corrected chi connectivity index (χ4v) is 1.88. The van der Waals surface area contributed by atoms with Gasteiger partial charge in [-0.25, -0.2) is 0 Å². The molecule has 2 rings (SSSR count). The summed E-state index contributed by atoms with van der Waals surface area (Å²) in [6.45, 7) is 6.26. The maximum absolute atomic E-state index is 12.0. The van der Waals surface area contributed by atoms with E-state index in [0.717, 1.165) is 11.1 Å². The number of benzene rings is 1. The van der Waals surface area contributed by atoms with E-state index in [1.54, 1.807) is 19.3 Å². The first kappa shape index (κ1) is 15.0. The highest BCUT2D eigenvalue weighted by atomic mass is 16.5. The molecule has 1 N–H and O–H groups in total. The first-order valence-corrected chi connectivity index (χ1v) is 6.97. The Balaban J connectivity index is 1.88. The van der Waals surface area contributed by atoms with Crippen LogP contribution in [0.2, 0.25) is 0 Å². The molecule has 4 heteroatoms. The lowest BCUT2D eigenvalue weighted by molar-refractivity contribution is -0.127. The normalized spacial score (nSPS) is 11.8. The fraction of sp³-hybridized carbons (Fsp3) is 0.294. The SMILES string of the molecule is Cc1ccc(O[C@@H](C)C(=O)NCc2cccnc2)cc1C. The molecule has 1 aromatic carbocycles. The molecule has 0 aliphatic heterocycles. The summed E-state index contributed by atoms with van der Waals surface area (Å²) in [5.74, 6) is 0.569. The molecule has 0 unspecified atom stereocenters. The van der Waals surface area contributed by atoms with Crippen LogP contribution in [0, 0.1) is 13.8 Å². The zero-order valence-electron chi connectivity index (χ0n) is 12.6. The van der Waals surface area contributed by atoms with Gasteiger partial charge in [-0.15, -0.1) is 0 Å². The van der Waals surface area contributed by atoms with E-state index in [1.807, 2.05) is 44.2 Å². The van der Waals surface area contributed by atoms with Crippen molar-refractivity contribution < 1.29 is 9.53 Å². The number of amides is 1. The molecule has 2 aromatic rings. The van der Waals surface area contributed by atoms with Crippen LogP contribution in [0.5, 0.6) is 5.75 Å². The monoisotopic (exact) mass is 284 g/mol. The summed E-state index contributed by atoms with van der Waals surface area (Å²) in [6.07, 6.45) is 2.90. The topological polar surface area (TPSA) is 51.2 Å². The van der Waals surface area contributed by atoms with E-state index in [-0.39, 0.29) is 5.91 Å². The van der Waals surface area contributed by atoms with E-state index >= 15 is 0 Å². The molecule has 1 aromatic heterocycles. The van der Waals surface area contributed by atoms with E-state index in [4.69, 9.17) is 4.74 Å². The third-order valence-electron chi connectivity index (χ3n) is 3.35. The highest BCUT2D eigenvalue weighted by molar-refractivity contribution is 5.80.